The first kappa shape index (κ1) is 17.6. The second-order valence-corrected chi connectivity index (χ2v) is 6.81. The van der Waals surface area contributed by atoms with Crippen molar-refractivity contribution in [3.63, 3.8) is 0 Å². The Morgan fingerprint density at radius 1 is 1.05 bits per heavy atom. The molecule has 1 aliphatic carbocycles. The fourth-order valence-corrected chi connectivity index (χ4v) is 2.93. The maximum atomic E-state index is 11.3. The summed E-state index contributed by atoms with van der Waals surface area (Å²) in [6.45, 7) is 0.387. The van der Waals surface area contributed by atoms with Crippen LogP contribution in [0.2, 0.25) is 0 Å². The fourth-order valence-electron chi connectivity index (χ4n) is 1.19. The average molecular weight is 334 g/mol. The first-order chi connectivity index (χ1) is 10.0. The van der Waals surface area contributed by atoms with Gasteiger partial charge in [-0.25, -0.2) is 9.59 Å². The lowest BCUT2D eigenvalue weighted by Gasteiger charge is -2.06. The number of amides is 6. The molecular formula is C11H18N4O4S2. The number of carbonyl (C=O) groups excluding carboxylic acids is 4. The molecule has 0 aliphatic heterocycles. The molecule has 0 bridgehead atoms. The lowest BCUT2D eigenvalue weighted by Crippen LogP contribution is -2.41. The van der Waals surface area contributed by atoms with Gasteiger partial charge in [0.15, 0.2) is 0 Å². The number of urea groups is 2. The molecule has 0 aromatic carbocycles. The summed E-state index contributed by atoms with van der Waals surface area (Å²) >= 11 is 0. The van der Waals surface area contributed by atoms with Crippen LogP contribution in [0.25, 0.3) is 0 Å². The zero-order chi connectivity index (χ0) is 15.7. The predicted molar refractivity (Wildman–Crippen MR) is 81.8 cm³/mol. The second kappa shape index (κ2) is 9.50. The third-order valence-corrected chi connectivity index (χ3v) is 4.68. The van der Waals surface area contributed by atoms with Crippen LogP contribution in [-0.2, 0) is 9.59 Å². The zero-order valence-corrected chi connectivity index (χ0v) is 13.2. The number of rotatable bonds is 7. The van der Waals surface area contributed by atoms with E-state index in [1.54, 1.807) is 0 Å². The highest BCUT2D eigenvalue weighted by atomic mass is 33.1. The Bertz CT molecular complexity index is 415. The molecule has 0 spiro atoms. The Balaban J connectivity index is 1.94. The molecule has 0 aromatic rings. The van der Waals surface area contributed by atoms with Crippen molar-refractivity contribution in [3.05, 3.63) is 0 Å². The summed E-state index contributed by atoms with van der Waals surface area (Å²) in [7, 11) is 4.10. The van der Waals surface area contributed by atoms with Gasteiger partial charge < -0.3 is 10.6 Å². The Morgan fingerprint density at radius 2 is 1.76 bits per heavy atom. The van der Waals surface area contributed by atoms with Crippen molar-refractivity contribution in [1.82, 2.24) is 21.3 Å². The van der Waals surface area contributed by atoms with E-state index < -0.39 is 12.1 Å². The summed E-state index contributed by atoms with van der Waals surface area (Å²) in [6.07, 6.45) is 1.70. The number of imide groups is 2. The summed E-state index contributed by atoms with van der Waals surface area (Å²) in [5.74, 6) is 0.125. The van der Waals surface area contributed by atoms with Gasteiger partial charge in [-0.15, -0.1) is 0 Å². The second-order valence-electron chi connectivity index (χ2n) is 4.23. The van der Waals surface area contributed by atoms with Gasteiger partial charge in [-0.05, 0) is 12.8 Å². The van der Waals surface area contributed by atoms with Gasteiger partial charge in [0.2, 0.25) is 11.8 Å². The van der Waals surface area contributed by atoms with Crippen molar-refractivity contribution in [2.75, 3.05) is 25.1 Å². The molecule has 0 radical (unpaired) electrons. The monoisotopic (exact) mass is 334 g/mol. The van der Waals surface area contributed by atoms with E-state index >= 15 is 0 Å². The van der Waals surface area contributed by atoms with Crippen LogP contribution in [0.3, 0.4) is 0 Å². The van der Waals surface area contributed by atoms with Gasteiger partial charge in [0.05, 0.1) is 5.75 Å². The van der Waals surface area contributed by atoms with Crippen molar-refractivity contribution in [2.24, 2.45) is 5.92 Å². The normalized spacial score (nSPS) is 13.2. The Kier molecular flexibility index (Phi) is 7.98. The molecule has 1 saturated carbocycles. The summed E-state index contributed by atoms with van der Waals surface area (Å²) in [5.41, 5.74) is 0. The van der Waals surface area contributed by atoms with Crippen LogP contribution in [0, 0.1) is 5.92 Å². The van der Waals surface area contributed by atoms with Gasteiger partial charge in [0.25, 0.3) is 0 Å². The van der Waals surface area contributed by atoms with Crippen LogP contribution in [-0.4, -0.2) is 49.0 Å². The van der Waals surface area contributed by atoms with E-state index in [1.807, 2.05) is 0 Å². The number of hydrogen-bond donors (Lipinski definition) is 4. The van der Waals surface area contributed by atoms with Crippen molar-refractivity contribution in [2.45, 2.75) is 12.8 Å². The molecule has 0 aromatic heterocycles. The first-order valence-electron chi connectivity index (χ1n) is 6.37. The lowest BCUT2D eigenvalue weighted by molar-refractivity contribution is -0.121. The molecular weight excluding hydrogens is 316 g/mol. The molecule has 0 saturated heterocycles. The van der Waals surface area contributed by atoms with Crippen LogP contribution in [0.15, 0.2) is 0 Å². The quantitative estimate of drug-likeness (QED) is 0.386. The Morgan fingerprint density at radius 3 is 2.38 bits per heavy atom. The number of hydrogen-bond acceptors (Lipinski definition) is 6. The number of nitrogens with one attached hydrogen (secondary N) is 4. The molecule has 0 atom stereocenters. The van der Waals surface area contributed by atoms with E-state index in [4.69, 9.17) is 0 Å². The molecule has 1 aliphatic rings. The van der Waals surface area contributed by atoms with Gasteiger partial charge in [0, 0.05) is 25.3 Å². The maximum Gasteiger partial charge on any atom is 0.321 e. The van der Waals surface area contributed by atoms with E-state index in [-0.39, 0.29) is 23.5 Å². The minimum atomic E-state index is -0.538. The van der Waals surface area contributed by atoms with Gasteiger partial charge >= 0.3 is 12.1 Å². The predicted octanol–water partition coefficient (Wildman–Crippen LogP) is 0.0592. The van der Waals surface area contributed by atoms with Crippen LogP contribution in [0.4, 0.5) is 9.59 Å². The van der Waals surface area contributed by atoms with Crippen LogP contribution in [0.5, 0.6) is 0 Å². The van der Waals surface area contributed by atoms with Gasteiger partial charge in [0.1, 0.15) is 0 Å². The largest absolute Gasteiger partial charge is 0.341 e. The van der Waals surface area contributed by atoms with Gasteiger partial charge in [-0.1, -0.05) is 21.6 Å². The van der Waals surface area contributed by atoms with E-state index in [1.165, 1.54) is 28.6 Å². The Hall–Kier alpha value is -1.42. The minimum Gasteiger partial charge on any atom is -0.341 e. The molecule has 0 unspecified atom stereocenters. The van der Waals surface area contributed by atoms with Crippen molar-refractivity contribution < 1.29 is 19.2 Å². The van der Waals surface area contributed by atoms with Crippen molar-refractivity contribution in [1.29, 1.82) is 0 Å². The standard InChI is InChI=1S/C11H18N4O4S2/c1-12-10(18)14-8(16)6-21-20-5-4-13-11(19)15-9(17)7-2-3-7/h7H,2-6H2,1H3,(H2,12,14,16,18)(H2,13,15,17,19). The summed E-state index contributed by atoms with van der Waals surface area (Å²) in [4.78, 5) is 44.6. The van der Waals surface area contributed by atoms with Crippen LogP contribution < -0.4 is 21.3 Å². The summed E-state index contributed by atoms with van der Waals surface area (Å²) in [6, 6.07) is -1.03. The average Bonchev–Trinajstić information content (AvgIpc) is 3.26. The molecule has 118 valence electrons. The summed E-state index contributed by atoms with van der Waals surface area (Å²) in [5, 5.41) is 9.24. The van der Waals surface area contributed by atoms with Crippen LogP contribution in [0.1, 0.15) is 12.8 Å². The topological polar surface area (TPSA) is 116 Å². The lowest BCUT2D eigenvalue weighted by atomic mass is 10.4. The van der Waals surface area contributed by atoms with E-state index in [9.17, 15) is 19.2 Å². The molecule has 4 N–H and O–H groups in total. The third kappa shape index (κ3) is 8.45. The van der Waals surface area contributed by atoms with E-state index in [0.717, 1.165) is 12.8 Å². The van der Waals surface area contributed by atoms with Gasteiger partial charge in [-0.2, -0.15) is 0 Å². The number of carbonyl (C=O) groups is 4. The first-order valence-corrected chi connectivity index (χ1v) is 8.86. The highest BCUT2D eigenvalue weighted by Gasteiger charge is 2.30. The zero-order valence-electron chi connectivity index (χ0n) is 11.6. The van der Waals surface area contributed by atoms with E-state index in [0.29, 0.717) is 12.3 Å². The molecule has 10 heteroatoms. The molecule has 8 nitrogen and oxygen atoms in total. The molecule has 0 heterocycles. The summed E-state index contributed by atoms with van der Waals surface area (Å²) < 4.78 is 0. The third-order valence-electron chi connectivity index (χ3n) is 2.41. The molecule has 1 rings (SSSR count). The molecule has 6 amide bonds. The smallest absolute Gasteiger partial charge is 0.321 e. The fraction of sp³-hybridized carbons (Fsp3) is 0.636. The van der Waals surface area contributed by atoms with Crippen molar-refractivity contribution >= 4 is 45.5 Å². The highest BCUT2D eigenvalue weighted by Crippen LogP contribution is 2.28. The molecule has 1 fully saturated rings. The van der Waals surface area contributed by atoms with Crippen LogP contribution >= 0.6 is 21.6 Å². The Labute approximate surface area is 130 Å². The maximum absolute atomic E-state index is 11.3. The van der Waals surface area contributed by atoms with E-state index in [2.05, 4.69) is 21.3 Å². The van der Waals surface area contributed by atoms with Gasteiger partial charge in [-0.3, -0.25) is 20.2 Å². The van der Waals surface area contributed by atoms with Crippen molar-refractivity contribution in [3.8, 4) is 0 Å². The molecule has 21 heavy (non-hydrogen) atoms. The highest BCUT2D eigenvalue weighted by molar-refractivity contribution is 8.76. The minimum absolute atomic E-state index is 0.000450. The SMILES string of the molecule is CNC(=O)NC(=O)CSSCCNC(=O)NC(=O)C1CC1.